The van der Waals surface area contributed by atoms with Gasteiger partial charge in [0.05, 0.1) is 10.5 Å². The monoisotopic (exact) mass is 546 g/mol. The molecule has 0 bridgehead atoms. The van der Waals surface area contributed by atoms with Crippen LogP contribution in [0.15, 0.2) is 94.5 Å². The van der Waals surface area contributed by atoms with Gasteiger partial charge in [0.1, 0.15) is 24.2 Å². The van der Waals surface area contributed by atoms with Crippen LogP contribution in [0.2, 0.25) is 0 Å². The van der Waals surface area contributed by atoms with Crippen LogP contribution >= 0.6 is 11.3 Å². The number of ether oxygens (including phenoxy) is 2. The summed E-state index contributed by atoms with van der Waals surface area (Å²) in [7, 11) is -4.17. The molecule has 4 rings (SSSR count). The van der Waals surface area contributed by atoms with Crippen molar-refractivity contribution >= 4 is 27.3 Å². The van der Waals surface area contributed by atoms with Crippen LogP contribution in [0.25, 0.3) is 0 Å². The number of hydrogen-bond acceptors (Lipinski definition) is 7. The predicted octanol–water partition coefficient (Wildman–Crippen LogP) is 5.95. The summed E-state index contributed by atoms with van der Waals surface area (Å²) in [4.78, 5) is 13.3. The van der Waals surface area contributed by atoms with Crippen LogP contribution in [0.3, 0.4) is 0 Å². The average molecular weight is 547 g/mol. The Balaban J connectivity index is 1.60. The highest BCUT2D eigenvalue weighted by Crippen LogP contribution is 2.30. The molecule has 1 aromatic heterocycles. The number of rotatable bonds is 10. The smallest absolute Gasteiger partial charge is 0.279 e. The number of sulfonamides is 1. The van der Waals surface area contributed by atoms with E-state index in [0.717, 1.165) is 11.1 Å². The molecule has 194 valence electrons. The maximum atomic E-state index is 13.3. The summed E-state index contributed by atoms with van der Waals surface area (Å²) in [5.41, 5.74) is 2.57. The van der Waals surface area contributed by atoms with Gasteiger partial charge in [-0.3, -0.25) is 4.79 Å². The lowest BCUT2D eigenvalue weighted by molar-refractivity contribution is -0.126. The molecule has 1 unspecified atom stereocenters. The molecule has 0 aliphatic rings. The number of nitrogens with one attached hydrogen (secondary N) is 1. The number of amides is 1. The van der Waals surface area contributed by atoms with Crippen molar-refractivity contribution in [1.82, 2.24) is 4.72 Å². The van der Waals surface area contributed by atoms with Crippen LogP contribution in [-0.2, 0) is 21.4 Å². The van der Waals surface area contributed by atoms with E-state index in [4.69, 9.17) is 9.47 Å². The molecular weight excluding hydrogens is 520 g/mol. The van der Waals surface area contributed by atoms with Gasteiger partial charge in [0, 0.05) is 11.6 Å². The van der Waals surface area contributed by atoms with Crippen molar-refractivity contribution in [2.75, 3.05) is 0 Å². The number of hydrogen-bond donors (Lipinski definition) is 1. The molecule has 1 N–H and O–H groups in total. The quantitative estimate of drug-likeness (QED) is 0.264. The third kappa shape index (κ3) is 6.59. The molecule has 38 heavy (non-hydrogen) atoms. The highest BCUT2D eigenvalue weighted by molar-refractivity contribution is 7.90. The molecule has 0 aliphatic heterocycles. The van der Waals surface area contributed by atoms with Gasteiger partial charge in [-0.25, -0.2) is 13.1 Å². The van der Waals surface area contributed by atoms with Crippen molar-refractivity contribution < 1.29 is 22.7 Å². The summed E-state index contributed by atoms with van der Waals surface area (Å²) in [6.07, 6.45) is -1.35. The molecule has 4 aromatic rings. The molecule has 7 nitrogen and oxygen atoms in total. The lowest BCUT2D eigenvalue weighted by Gasteiger charge is -2.20. The van der Waals surface area contributed by atoms with Gasteiger partial charge in [-0.2, -0.15) is 16.6 Å². The van der Waals surface area contributed by atoms with E-state index in [0.29, 0.717) is 17.9 Å². The molecule has 0 fully saturated rings. The minimum Gasteiger partial charge on any atom is -0.489 e. The summed E-state index contributed by atoms with van der Waals surface area (Å²) < 4.78 is 40.0. The number of nitriles is 1. The Morgan fingerprint density at radius 3 is 2.37 bits per heavy atom. The molecule has 3 aromatic carbocycles. The molecule has 1 amide bonds. The van der Waals surface area contributed by atoms with Crippen LogP contribution in [0.5, 0.6) is 11.5 Å². The minimum atomic E-state index is -4.17. The fourth-order valence-corrected chi connectivity index (χ4v) is 5.27. The zero-order chi connectivity index (χ0) is 27.1. The number of nitrogens with zero attached hydrogens (tertiary/aromatic N) is 1. The Labute approximate surface area is 226 Å². The van der Waals surface area contributed by atoms with Crippen molar-refractivity contribution in [3.05, 3.63) is 112 Å². The fourth-order valence-electron chi connectivity index (χ4n) is 3.63. The second-order valence-electron chi connectivity index (χ2n) is 8.79. The minimum absolute atomic E-state index is 0.0383. The largest absolute Gasteiger partial charge is 0.489 e. The highest BCUT2D eigenvalue weighted by Gasteiger charge is 2.29. The van der Waals surface area contributed by atoms with Crippen molar-refractivity contribution in [2.45, 2.75) is 37.4 Å². The van der Waals surface area contributed by atoms with Crippen LogP contribution in [0.4, 0.5) is 0 Å². The summed E-state index contributed by atoms with van der Waals surface area (Å²) in [5, 5.41) is 13.6. The van der Waals surface area contributed by atoms with Gasteiger partial charge in [0.15, 0.2) is 0 Å². The SMILES string of the molecule is CC(C)c1ccc(S(=O)(=O)NC(=O)C(Oc2cc(OCc3ccsc3)ccc2C#N)c2ccccc2)cc1. The third-order valence-electron chi connectivity index (χ3n) is 5.74. The first-order valence-corrected chi connectivity index (χ1v) is 14.3. The van der Waals surface area contributed by atoms with Crippen LogP contribution < -0.4 is 14.2 Å². The fraction of sp³-hybridized carbons (Fsp3) is 0.172. The zero-order valence-corrected chi connectivity index (χ0v) is 22.5. The predicted molar refractivity (Wildman–Crippen MR) is 145 cm³/mol. The molecule has 1 heterocycles. The molecular formula is C29H26N2O5S2. The summed E-state index contributed by atoms with van der Waals surface area (Å²) in [6, 6.07) is 23.5. The molecule has 0 aliphatic carbocycles. The Morgan fingerprint density at radius 2 is 1.74 bits per heavy atom. The lowest BCUT2D eigenvalue weighted by Crippen LogP contribution is -2.37. The van der Waals surface area contributed by atoms with Crippen LogP contribution in [0, 0.1) is 11.3 Å². The summed E-state index contributed by atoms with van der Waals surface area (Å²) >= 11 is 1.56. The normalized spacial score (nSPS) is 11.9. The highest BCUT2D eigenvalue weighted by atomic mass is 32.2. The Morgan fingerprint density at radius 1 is 1.00 bits per heavy atom. The van der Waals surface area contributed by atoms with Crippen molar-refractivity contribution in [3.63, 3.8) is 0 Å². The average Bonchev–Trinajstić information content (AvgIpc) is 3.44. The number of carbonyl (C=O) groups excluding carboxylic acids is 1. The Kier molecular flexibility index (Phi) is 8.46. The van der Waals surface area contributed by atoms with Gasteiger partial charge in [-0.15, -0.1) is 0 Å². The van der Waals surface area contributed by atoms with E-state index < -0.39 is 22.0 Å². The second kappa shape index (κ2) is 11.9. The molecule has 9 heteroatoms. The first-order valence-electron chi connectivity index (χ1n) is 11.8. The third-order valence-corrected chi connectivity index (χ3v) is 7.83. The maximum absolute atomic E-state index is 13.3. The van der Waals surface area contributed by atoms with Gasteiger partial charge in [-0.1, -0.05) is 56.3 Å². The van der Waals surface area contributed by atoms with Crippen molar-refractivity contribution in [3.8, 4) is 17.6 Å². The molecule has 0 saturated heterocycles. The number of benzene rings is 3. The van der Waals surface area contributed by atoms with E-state index in [1.165, 1.54) is 24.3 Å². The zero-order valence-electron chi connectivity index (χ0n) is 20.8. The van der Waals surface area contributed by atoms with E-state index in [-0.39, 0.29) is 22.1 Å². The summed E-state index contributed by atoms with van der Waals surface area (Å²) in [6.45, 7) is 4.33. The van der Waals surface area contributed by atoms with Gasteiger partial charge in [0.25, 0.3) is 15.9 Å². The first kappa shape index (κ1) is 26.9. The molecule has 0 spiro atoms. The Bertz CT molecular complexity index is 1530. The van der Waals surface area contributed by atoms with E-state index in [9.17, 15) is 18.5 Å². The van der Waals surface area contributed by atoms with E-state index in [1.807, 2.05) is 36.7 Å². The van der Waals surface area contributed by atoms with Gasteiger partial charge in [0.2, 0.25) is 6.10 Å². The van der Waals surface area contributed by atoms with E-state index in [2.05, 4.69) is 4.72 Å². The van der Waals surface area contributed by atoms with Gasteiger partial charge >= 0.3 is 0 Å². The first-order chi connectivity index (χ1) is 18.3. The van der Waals surface area contributed by atoms with Crippen LogP contribution in [-0.4, -0.2) is 14.3 Å². The molecule has 0 radical (unpaired) electrons. The maximum Gasteiger partial charge on any atom is 0.279 e. The van der Waals surface area contributed by atoms with Crippen molar-refractivity contribution in [2.24, 2.45) is 0 Å². The van der Waals surface area contributed by atoms with Gasteiger partial charge < -0.3 is 9.47 Å². The lowest BCUT2D eigenvalue weighted by atomic mass is 10.0. The summed E-state index contributed by atoms with van der Waals surface area (Å²) in [5.74, 6) is -0.123. The number of carbonyl (C=O) groups is 1. The van der Waals surface area contributed by atoms with Crippen LogP contribution in [0.1, 0.15) is 48.1 Å². The molecule has 0 saturated carbocycles. The topological polar surface area (TPSA) is 105 Å². The van der Waals surface area contributed by atoms with E-state index >= 15 is 0 Å². The Hall–Kier alpha value is -4.13. The second-order valence-corrected chi connectivity index (χ2v) is 11.3. The molecule has 1 atom stereocenters. The van der Waals surface area contributed by atoms with E-state index in [1.54, 1.807) is 59.9 Å². The number of thiophene rings is 1. The standard InChI is InChI=1S/C29H26N2O5S2/c1-20(2)22-9-12-26(13-10-22)38(33,34)31-29(32)28(23-6-4-3-5-7-23)36-27-16-25(11-8-24(27)17-30)35-18-21-14-15-37-19-21/h3-16,19-20,28H,18H2,1-2H3,(H,31,32). The van der Waals surface area contributed by atoms with Gasteiger partial charge in [-0.05, 0) is 58.1 Å². The van der Waals surface area contributed by atoms with Crippen molar-refractivity contribution in [1.29, 1.82) is 5.26 Å².